The van der Waals surface area contributed by atoms with Crippen LogP contribution < -0.4 is 10.0 Å². The first-order valence-corrected chi connectivity index (χ1v) is 10.7. The number of halogens is 2. The number of rotatable bonds is 5. The number of benzene rings is 2. The van der Waals surface area contributed by atoms with Crippen molar-refractivity contribution in [3.63, 3.8) is 0 Å². The molecular weight excluding hydrogens is 457 g/mol. The third-order valence-electron chi connectivity index (χ3n) is 3.45. The van der Waals surface area contributed by atoms with Crippen LogP contribution in [0.2, 0.25) is 0 Å². The number of anilines is 2. The van der Waals surface area contributed by atoms with E-state index in [1.165, 1.54) is 36.4 Å². The minimum Gasteiger partial charge on any atom is -0.321 e. The van der Waals surface area contributed by atoms with Gasteiger partial charge >= 0.3 is 0 Å². The minimum absolute atomic E-state index is 0.0795. The normalized spacial score (nSPS) is 11.2. The van der Waals surface area contributed by atoms with E-state index in [1.807, 2.05) is 0 Å². The number of aromatic nitrogens is 1. The Morgan fingerprint density at radius 3 is 2.37 bits per heavy atom. The molecule has 10 heteroatoms. The molecule has 1 heterocycles. The second kappa shape index (κ2) is 7.75. The Labute approximate surface area is 167 Å². The molecule has 0 unspecified atom stereocenters. The third-order valence-corrected chi connectivity index (χ3v) is 6.53. The van der Waals surface area contributed by atoms with E-state index in [4.69, 9.17) is 0 Å². The molecule has 0 saturated heterocycles. The number of amides is 1. The monoisotopic (exact) mass is 469 g/mol. The van der Waals surface area contributed by atoms with Crippen LogP contribution in [0.1, 0.15) is 15.4 Å². The summed E-state index contributed by atoms with van der Waals surface area (Å²) in [6.45, 7) is 1.60. The van der Waals surface area contributed by atoms with Crippen molar-refractivity contribution in [2.24, 2.45) is 0 Å². The summed E-state index contributed by atoms with van der Waals surface area (Å²) in [7, 11) is -3.82. The lowest BCUT2D eigenvalue weighted by Crippen LogP contribution is -2.12. The Kier molecular flexibility index (Phi) is 5.59. The van der Waals surface area contributed by atoms with Crippen molar-refractivity contribution in [2.45, 2.75) is 11.8 Å². The van der Waals surface area contributed by atoms with Crippen molar-refractivity contribution in [1.82, 2.24) is 4.98 Å². The van der Waals surface area contributed by atoms with Crippen LogP contribution >= 0.6 is 27.3 Å². The molecule has 3 rings (SSSR count). The standard InChI is InChI=1S/C17H13BrFN3O3S2/c1-10-15(16(23)21-13-6-4-12(19)5-7-13)26-17(20-10)22-27(24,25)14-8-2-11(18)3-9-14/h2-9H,1H3,(H,20,22)(H,21,23). The first-order valence-electron chi connectivity index (χ1n) is 7.57. The Morgan fingerprint density at radius 2 is 1.74 bits per heavy atom. The van der Waals surface area contributed by atoms with Gasteiger partial charge in [0.2, 0.25) is 0 Å². The highest BCUT2D eigenvalue weighted by molar-refractivity contribution is 9.10. The molecule has 0 fully saturated rings. The number of sulfonamides is 1. The van der Waals surface area contributed by atoms with Gasteiger partial charge in [-0.05, 0) is 55.5 Å². The molecule has 0 atom stereocenters. The zero-order chi connectivity index (χ0) is 19.6. The van der Waals surface area contributed by atoms with Crippen molar-refractivity contribution in [3.8, 4) is 0 Å². The summed E-state index contributed by atoms with van der Waals surface area (Å²) in [5, 5.41) is 2.71. The SMILES string of the molecule is Cc1nc(NS(=O)(=O)c2ccc(Br)cc2)sc1C(=O)Nc1ccc(F)cc1. The lowest BCUT2D eigenvalue weighted by Gasteiger charge is -2.05. The number of hydrogen-bond donors (Lipinski definition) is 2. The molecule has 1 aromatic heterocycles. The summed E-state index contributed by atoms with van der Waals surface area (Å²) < 4.78 is 40.9. The van der Waals surface area contributed by atoms with Gasteiger partial charge in [0.1, 0.15) is 10.7 Å². The van der Waals surface area contributed by atoms with Crippen LogP contribution in [-0.2, 0) is 10.0 Å². The molecule has 140 valence electrons. The molecule has 0 bridgehead atoms. The van der Waals surface area contributed by atoms with Gasteiger partial charge in [0, 0.05) is 10.2 Å². The summed E-state index contributed by atoms with van der Waals surface area (Å²) in [6.07, 6.45) is 0. The van der Waals surface area contributed by atoms with Gasteiger partial charge < -0.3 is 5.32 Å². The van der Waals surface area contributed by atoms with Crippen LogP contribution in [0, 0.1) is 12.7 Å². The van der Waals surface area contributed by atoms with Gasteiger partial charge in [0.05, 0.1) is 10.6 Å². The van der Waals surface area contributed by atoms with E-state index in [9.17, 15) is 17.6 Å². The van der Waals surface area contributed by atoms with E-state index in [0.29, 0.717) is 11.4 Å². The molecule has 2 N–H and O–H groups in total. The smallest absolute Gasteiger partial charge is 0.267 e. The summed E-state index contributed by atoms with van der Waals surface area (Å²) in [5.74, 6) is -0.864. The van der Waals surface area contributed by atoms with E-state index in [0.717, 1.165) is 15.8 Å². The molecule has 0 aliphatic carbocycles. The quantitative estimate of drug-likeness (QED) is 0.579. The van der Waals surface area contributed by atoms with Crippen molar-refractivity contribution in [3.05, 3.63) is 69.4 Å². The third kappa shape index (κ3) is 4.71. The number of carbonyl (C=O) groups is 1. The number of carbonyl (C=O) groups excluding carboxylic acids is 1. The largest absolute Gasteiger partial charge is 0.321 e. The topological polar surface area (TPSA) is 88.2 Å². The predicted octanol–water partition coefficient (Wildman–Crippen LogP) is 4.41. The van der Waals surface area contributed by atoms with Gasteiger partial charge in [-0.1, -0.05) is 27.3 Å². The van der Waals surface area contributed by atoms with E-state index in [-0.39, 0.29) is 14.9 Å². The number of hydrogen-bond acceptors (Lipinski definition) is 5. The Morgan fingerprint density at radius 1 is 1.11 bits per heavy atom. The molecule has 2 aromatic carbocycles. The average Bonchev–Trinajstić information content (AvgIpc) is 2.97. The minimum atomic E-state index is -3.82. The number of nitrogens with zero attached hydrogens (tertiary/aromatic N) is 1. The molecule has 0 spiro atoms. The van der Waals surface area contributed by atoms with Gasteiger partial charge in [-0.25, -0.2) is 17.8 Å². The van der Waals surface area contributed by atoms with E-state index in [1.54, 1.807) is 19.1 Å². The van der Waals surface area contributed by atoms with Crippen LogP contribution in [-0.4, -0.2) is 19.3 Å². The van der Waals surface area contributed by atoms with E-state index < -0.39 is 21.7 Å². The highest BCUT2D eigenvalue weighted by Crippen LogP contribution is 2.26. The summed E-state index contributed by atoms with van der Waals surface area (Å²) >= 11 is 4.17. The van der Waals surface area contributed by atoms with E-state index in [2.05, 4.69) is 31.0 Å². The molecule has 0 radical (unpaired) electrons. The Hall–Kier alpha value is -2.30. The summed E-state index contributed by atoms with van der Waals surface area (Å²) in [6, 6.07) is 11.5. The van der Waals surface area contributed by atoms with Crippen LogP contribution in [0.25, 0.3) is 0 Å². The zero-order valence-electron chi connectivity index (χ0n) is 13.9. The second-order valence-corrected chi connectivity index (χ2v) is 9.05. The van der Waals surface area contributed by atoms with Gasteiger partial charge in [0.25, 0.3) is 15.9 Å². The fourth-order valence-electron chi connectivity index (χ4n) is 2.16. The van der Waals surface area contributed by atoms with Crippen molar-refractivity contribution >= 4 is 54.0 Å². The maximum Gasteiger partial charge on any atom is 0.267 e. The molecule has 1 amide bonds. The Balaban J connectivity index is 1.78. The lowest BCUT2D eigenvalue weighted by atomic mass is 10.3. The summed E-state index contributed by atoms with van der Waals surface area (Å²) in [4.78, 5) is 16.8. The molecule has 27 heavy (non-hydrogen) atoms. The fraction of sp³-hybridized carbons (Fsp3) is 0.0588. The highest BCUT2D eigenvalue weighted by atomic mass is 79.9. The number of nitrogens with one attached hydrogen (secondary N) is 2. The number of thiazole rings is 1. The maximum atomic E-state index is 12.9. The molecule has 0 saturated carbocycles. The van der Waals surface area contributed by atoms with Crippen LogP contribution in [0.15, 0.2) is 57.9 Å². The lowest BCUT2D eigenvalue weighted by molar-refractivity contribution is 0.103. The molecule has 0 aliphatic rings. The maximum absolute atomic E-state index is 12.9. The first kappa shape index (κ1) is 19.5. The van der Waals surface area contributed by atoms with Gasteiger partial charge in [-0.2, -0.15) is 0 Å². The molecule has 0 aliphatic heterocycles. The van der Waals surface area contributed by atoms with Crippen LogP contribution in [0.4, 0.5) is 15.2 Å². The second-order valence-electron chi connectivity index (χ2n) is 5.45. The van der Waals surface area contributed by atoms with Crippen LogP contribution in [0.5, 0.6) is 0 Å². The van der Waals surface area contributed by atoms with E-state index >= 15 is 0 Å². The number of aryl methyl sites for hydroxylation is 1. The van der Waals surface area contributed by atoms with Gasteiger partial charge in [-0.15, -0.1) is 0 Å². The average molecular weight is 470 g/mol. The van der Waals surface area contributed by atoms with Crippen LogP contribution in [0.3, 0.4) is 0 Å². The molecule has 6 nitrogen and oxygen atoms in total. The van der Waals surface area contributed by atoms with Crippen molar-refractivity contribution < 1.29 is 17.6 Å². The molecular formula is C17H13BrFN3O3S2. The predicted molar refractivity (Wildman–Crippen MR) is 106 cm³/mol. The highest BCUT2D eigenvalue weighted by Gasteiger charge is 2.20. The molecule has 3 aromatic rings. The Bertz CT molecular complexity index is 1080. The van der Waals surface area contributed by atoms with Gasteiger partial charge in [-0.3, -0.25) is 9.52 Å². The fourth-order valence-corrected chi connectivity index (χ4v) is 4.52. The van der Waals surface area contributed by atoms with Gasteiger partial charge in [0.15, 0.2) is 5.13 Å². The van der Waals surface area contributed by atoms with Crippen molar-refractivity contribution in [1.29, 1.82) is 0 Å². The first-order chi connectivity index (χ1) is 12.7. The summed E-state index contributed by atoms with van der Waals surface area (Å²) in [5.41, 5.74) is 0.805. The zero-order valence-corrected chi connectivity index (χ0v) is 17.1. The van der Waals surface area contributed by atoms with Crippen molar-refractivity contribution in [2.75, 3.05) is 10.0 Å².